The molecule has 4 rings (SSSR count). The van der Waals surface area contributed by atoms with E-state index in [0.29, 0.717) is 23.6 Å². The number of amides is 2. The Morgan fingerprint density at radius 1 is 0.920 bits per heavy atom. The number of likely N-dealkylation sites (tertiary alicyclic amines) is 2. The molecule has 0 N–H and O–H groups in total. The summed E-state index contributed by atoms with van der Waals surface area (Å²) in [6.07, 6.45) is 6.14. The van der Waals surface area contributed by atoms with Crippen LogP contribution in [0.5, 0.6) is 11.5 Å². The van der Waals surface area contributed by atoms with Crippen LogP contribution in [0.15, 0.2) is 18.2 Å². The second kappa shape index (κ2) is 6.94. The van der Waals surface area contributed by atoms with Crippen LogP contribution in [-0.4, -0.2) is 54.1 Å². The van der Waals surface area contributed by atoms with Crippen molar-refractivity contribution in [1.29, 1.82) is 0 Å². The molecule has 6 heteroatoms. The average Bonchev–Trinajstić information content (AvgIpc) is 3.22. The van der Waals surface area contributed by atoms with E-state index in [-0.39, 0.29) is 24.6 Å². The monoisotopic (exact) mass is 344 g/mol. The maximum atomic E-state index is 13.0. The number of nitrogens with zero attached hydrogens (tertiary/aromatic N) is 2. The van der Waals surface area contributed by atoms with E-state index in [1.807, 2.05) is 4.90 Å². The second-order valence-electron chi connectivity index (χ2n) is 6.96. The van der Waals surface area contributed by atoms with E-state index in [2.05, 4.69) is 0 Å². The molecule has 0 saturated carbocycles. The Morgan fingerprint density at radius 3 is 2.48 bits per heavy atom. The zero-order valence-electron chi connectivity index (χ0n) is 14.4. The van der Waals surface area contributed by atoms with Gasteiger partial charge in [0.25, 0.3) is 5.91 Å². The Morgan fingerprint density at radius 2 is 1.68 bits per heavy atom. The van der Waals surface area contributed by atoms with Gasteiger partial charge in [0.1, 0.15) is 6.04 Å². The number of carbonyl (C=O) groups excluding carboxylic acids is 2. The van der Waals surface area contributed by atoms with Crippen LogP contribution in [0.2, 0.25) is 0 Å². The first kappa shape index (κ1) is 16.2. The molecule has 1 atom stereocenters. The van der Waals surface area contributed by atoms with Crippen LogP contribution < -0.4 is 9.47 Å². The van der Waals surface area contributed by atoms with Gasteiger partial charge in [0.15, 0.2) is 11.5 Å². The zero-order valence-corrected chi connectivity index (χ0v) is 14.4. The Labute approximate surface area is 147 Å². The number of fused-ring (bicyclic) bond motifs is 1. The third kappa shape index (κ3) is 3.17. The average molecular weight is 344 g/mol. The number of ether oxygens (including phenoxy) is 2. The molecular weight excluding hydrogens is 320 g/mol. The molecule has 2 saturated heterocycles. The van der Waals surface area contributed by atoms with E-state index >= 15 is 0 Å². The molecule has 2 amide bonds. The Bertz CT molecular complexity index is 667. The first-order valence-corrected chi connectivity index (χ1v) is 9.23. The van der Waals surface area contributed by atoms with Crippen LogP contribution in [-0.2, 0) is 4.79 Å². The fourth-order valence-corrected chi connectivity index (χ4v) is 3.96. The van der Waals surface area contributed by atoms with Gasteiger partial charge in [-0.2, -0.15) is 0 Å². The lowest BCUT2D eigenvalue weighted by Crippen LogP contribution is -2.48. The SMILES string of the molecule is O=C(C1CCCN1C(=O)c1ccc2c(c1)OCO2)N1CCCCCC1. The summed E-state index contributed by atoms with van der Waals surface area (Å²) >= 11 is 0. The summed E-state index contributed by atoms with van der Waals surface area (Å²) in [4.78, 5) is 29.6. The predicted octanol–water partition coefficient (Wildman–Crippen LogP) is 2.42. The van der Waals surface area contributed by atoms with Crippen molar-refractivity contribution in [2.45, 2.75) is 44.6 Å². The molecule has 6 nitrogen and oxygen atoms in total. The molecule has 1 aromatic rings. The lowest BCUT2D eigenvalue weighted by Gasteiger charge is -2.29. The van der Waals surface area contributed by atoms with Crippen LogP contribution >= 0.6 is 0 Å². The number of rotatable bonds is 2. The zero-order chi connectivity index (χ0) is 17.2. The predicted molar refractivity (Wildman–Crippen MR) is 91.7 cm³/mol. The highest BCUT2D eigenvalue weighted by atomic mass is 16.7. The molecule has 0 aliphatic carbocycles. The van der Waals surface area contributed by atoms with Gasteiger partial charge in [0.2, 0.25) is 12.7 Å². The van der Waals surface area contributed by atoms with Crippen LogP contribution in [0, 0.1) is 0 Å². The van der Waals surface area contributed by atoms with Crippen LogP contribution in [0.25, 0.3) is 0 Å². The van der Waals surface area contributed by atoms with Crippen molar-refractivity contribution < 1.29 is 19.1 Å². The van der Waals surface area contributed by atoms with Gasteiger partial charge in [-0.15, -0.1) is 0 Å². The smallest absolute Gasteiger partial charge is 0.254 e. The molecule has 1 aromatic carbocycles. The van der Waals surface area contributed by atoms with Crippen molar-refractivity contribution in [3.05, 3.63) is 23.8 Å². The fraction of sp³-hybridized carbons (Fsp3) is 0.579. The van der Waals surface area contributed by atoms with Crippen LogP contribution in [0.1, 0.15) is 48.9 Å². The maximum Gasteiger partial charge on any atom is 0.254 e. The number of hydrogen-bond acceptors (Lipinski definition) is 4. The largest absolute Gasteiger partial charge is 0.454 e. The number of carbonyl (C=O) groups is 2. The third-order valence-corrected chi connectivity index (χ3v) is 5.34. The van der Waals surface area contributed by atoms with E-state index in [1.165, 1.54) is 12.8 Å². The summed E-state index contributed by atoms with van der Waals surface area (Å²) in [5.74, 6) is 1.29. The summed E-state index contributed by atoms with van der Waals surface area (Å²) in [6, 6.07) is 4.91. The van der Waals surface area contributed by atoms with Gasteiger partial charge in [0, 0.05) is 25.2 Å². The molecule has 3 aliphatic rings. The van der Waals surface area contributed by atoms with Crippen molar-refractivity contribution >= 4 is 11.8 Å². The summed E-state index contributed by atoms with van der Waals surface area (Å²) in [6.45, 7) is 2.47. The molecule has 25 heavy (non-hydrogen) atoms. The highest BCUT2D eigenvalue weighted by molar-refractivity contribution is 5.98. The van der Waals surface area contributed by atoms with Gasteiger partial charge >= 0.3 is 0 Å². The minimum absolute atomic E-state index is 0.0935. The molecule has 1 unspecified atom stereocenters. The van der Waals surface area contributed by atoms with Gasteiger partial charge in [-0.05, 0) is 43.9 Å². The third-order valence-electron chi connectivity index (χ3n) is 5.34. The normalized spacial score (nSPS) is 22.8. The first-order valence-electron chi connectivity index (χ1n) is 9.23. The highest BCUT2D eigenvalue weighted by Gasteiger charge is 2.37. The maximum absolute atomic E-state index is 13.0. The molecule has 0 aromatic heterocycles. The van der Waals surface area contributed by atoms with Gasteiger partial charge in [-0.1, -0.05) is 12.8 Å². The Balaban J connectivity index is 1.50. The molecule has 3 heterocycles. The lowest BCUT2D eigenvalue weighted by atomic mass is 10.1. The molecular formula is C19H24N2O4. The highest BCUT2D eigenvalue weighted by Crippen LogP contribution is 2.33. The van der Waals surface area contributed by atoms with Crippen molar-refractivity contribution in [3.63, 3.8) is 0 Å². The van der Waals surface area contributed by atoms with Crippen molar-refractivity contribution in [2.24, 2.45) is 0 Å². The van der Waals surface area contributed by atoms with Crippen molar-refractivity contribution in [1.82, 2.24) is 9.80 Å². The quantitative estimate of drug-likeness (QED) is 0.827. The van der Waals surface area contributed by atoms with Gasteiger partial charge in [0.05, 0.1) is 0 Å². The second-order valence-corrected chi connectivity index (χ2v) is 6.96. The van der Waals surface area contributed by atoms with Gasteiger partial charge in [-0.25, -0.2) is 0 Å². The standard InChI is InChI=1S/C19H24N2O4/c22-18(14-7-8-16-17(12-14)25-13-24-16)21-11-5-6-15(21)19(23)20-9-3-1-2-4-10-20/h7-8,12,15H,1-6,9-11,13H2. The summed E-state index contributed by atoms with van der Waals surface area (Å²) in [5.41, 5.74) is 0.555. The van der Waals surface area contributed by atoms with Gasteiger partial charge < -0.3 is 19.3 Å². The lowest BCUT2D eigenvalue weighted by molar-refractivity contribution is -0.135. The minimum Gasteiger partial charge on any atom is -0.454 e. The summed E-state index contributed by atoms with van der Waals surface area (Å²) < 4.78 is 10.7. The summed E-state index contributed by atoms with van der Waals surface area (Å²) in [5, 5.41) is 0. The van der Waals surface area contributed by atoms with E-state index in [9.17, 15) is 9.59 Å². The van der Waals surface area contributed by atoms with Crippen molar-refractivity contribution in [2.75, 3.05) is 26.4 Å². The van der Waals surface area contributed by atoms with E-state index in [0.717, 1.165) is 38.8 Å². The minimum atomic E-state index is -0.323. The fourth-order valence-electron chi connectivity index (χ4n) is 3.96. The van der Waals surface area contributed by atoms with E-state index in [4.69, 9.17) is 9.47 Å². The van der Waals surface area contributed by atoms with E-state index in [1.54, 1.807) is 23.1 Å². The first-order chi connectivity index (χ1) is 12.2. The van der Waals surface area contributed by atoms with Crippen LogP contribution in [0.3, 0.4) is 0 Å². The summed E-state index contributed by atoms with van der Waals surface area (Å²) in [7, 11) is 0. The topological polar surface area (TPSA) is 59.1 Å². The molecule has 3 aliphatic heterocycles. The number of hydrogen-bond donors (Lipinski definition) is 0. The van der Waals surface area contributed by atoms with E-state index < -0.39 is 0 Å². The number of benzene rings is 1. The Hall–Kier alpha value is -2.24. The van der Waals surface area contributed by atoms with Crippen molar-refractivity contribution in [3.8, 4) is 11.5 Å². The van der Waals surface area contributed by atoms with Gasteiger partial charge in [-0.3, -0.25) is 9.59 Å². The molecule has 0 radical (unpaired) electrons. The molecule has 2 fully saturated rings. The Kier molecular flexibility index (Phi) is 4.51. The van der Waals surface area contributed by atoms with Crippen LogP contribution in [0.4, 0.5) is 0 Å². The molecule has 134 valence electrons. The molecule has 0 bridgehead atoms. The molecule has 0 spiro atoms.